The highest BCUT2D eigenvalue weighted by atomic mass is 16.4. The third kappa shape index (κ3) is 1.35. The second-order valence-electron chi connectivity index (χ2n) is 3.73. The van der Waals surface area contributed by atoms with Crippen molar-refractivity contribution in [3.05, 3.63) is 28.8 Å². The van der Waals surface area contributed by atoms with Crippen LogP contribution in [0.1, 0.15) is 23.1 Å². The number of benzene rings is 1. The van der Waals surface area contributed by atoms with Gasteiger partial charge in [0.1, 0.15) is 0 Å². The summed E-state index contributed by atoms with van der Waals surface area (Å²) in [5.74, 6) is 0. The van der Waals surface area contributed by atoms with Gasteiger partial charge in [0.15, 0.2) is 0 Å². The van der Waals surface area contributed by atoms with Gasteiger partial charge < -0.3 is 10.5 Å². The third-order valence-electron chi connectivity index (χ3n) is 2.58. The van der Waals surface area contributed by atoms with Crippen LogP contribution in [0.5, 0.6) is 0 Å². The molecule has 3 heteroatoms. The normalized spacial score (nSPS) is 17.7. The van der Waals surface area contributed by atoms with Crippen LogP contribution in [0.2, 0.25) is 0 Å². The molecule has 0 bridgehead atoms. The van der Waals surface area contributed by atoms with Gasteiger partial charge in [-0.15, -0.1) is 0 Å². The Labute approximate surface area is 83.4 Å². The maximum atomic E-state index is 8.88. The van der Waals surface area contributed by atoms with Gasteiger partial charge in [-0.2, -0.15) is 0 Å². The van der Waals surface area contributed by atoms with Crippen LogP contribution in [0.15, 0.2) is 17.3 Å². The summed E-state index contributed by atoms with van der Waals surface area (Å²) in [6, 6.07) is 4.19. The van der Waals surface area contributed by atoms with E-state index in [9.17, 15) is 0 Å². The molecule has 0 unspecified atom stereocenters. The number of oxime groups is 1. The first-order valence-corrected chi connectivity index (χ1v) is 4.79. The van der Waals surface area contributed by atoms with Crippen molar-refractivity contribution in [3.8, 4) is 0 Å². The molecule has 14 heavy (non-hydrogen) atoms. The second kappa shape index (κ2) is 3.33. The SMILES string of the molecule is Cc1cc(C)c2c(c1)C(=NO)CCN2. The maximum absolute atomic E-state index is 8.88. The van der Waals surface area contributed by atoms with E-state index in [1.807, 2.05) is 0 Å². The van der Waals surface area contributed by atoms with Crippen molar-refractivity contribution in [3.63, 3.8) is 0 Å². The molecule has 0 saturated carbocycles. The van der Waals surface area contributed by atoms with Crippen LogP contribution in [-0.4, -0.2) is 17.5 Å². The molecule has 0 fully saturated rings. The monoisotopic (exact) mass is 190 g/mol. The van der Waals surface area contributed by atoms with Gasteiger partial charge >= 0.3 is 0 Å². The molecule has 2 N–H and O–H groups in total. The largest absolute Gasteiger partial charge is 0.411 e. The number of anilines is 1. The molecule has 0 saturated heterocycles. The molecule has 0 atom stereocenters. The van der Waals surface area contributed by atoms with Crippen molar-refractivity contribution in [1.82, 2.24) is 0 Å². The molecule has 2 rings (SSSR count). The van der Waals surface area contributed by atoms with Crippen LogP contribution in [-0.2, 0) is 0 Å². The van der Waals surface area contributed by atoms with Crippen molar-refractivity contribution >= 4 is 11.4 Å². The zero-order valence-electron chi connectivity index (χ0n) is 8.46. The van der Waals surface area contributed by atoms with Gasteiger partial charge in [0.05, 0.1) is 5.71 Å². The van der Waals surface area contributed by atoms with Crippen molar-refractivity contribution in [2.24, 2.45) is 5.16 Å². The first kappa shape index (κ1) is 9.06. The van der Waals surface area contributed by atoms with Gasteiger partial charge in [-0.1, -0.05) is 16.8 Å². The van der Waals surface area contributed by atoms with E-state index in [0.29, 0.717) is 0 Å². The summed E-state index contributed by atoms with van der Waals surface area (Å²) in [6.07, 6.45) is 0.784. The number of hydrogen-bond donors (Lipinski definition) is 2. The summed E-state index contributed by atoms with van der Waals surface area (Å²) in [4.78, 5) is 0. The van der Waals surface area contributed by atoms with E-state index < -0.39 is 0 Å². The zero-order valence-corrected chi connectivity index (χ0v) is 8.46. The Kier molecular flexibility index (Phi) is 2.15. The average Bonchev–Trinajstić information content (AvgIpc) is 2.17. The number of aryl methyl sites for hydroxylation is 2. The fraction of sp³-hybridized carbons (Fsp3) is 0.364. The highest BCUT2D eigenvalue weighted by Crippen LogP contribution is 2.27. The lowest BCUT2D eigenvalue weighted by Gasteiger charge is -2.21. The van der Waals surface area contributed by atoms with E-state index in [1.54, 1.807) is 0 Å². The molecule has 1 aliphatic heterocycles. The standard InChI is InChI=1S/C11H14N2O/c1-7-5-8(2)11-9(6-7)10(13-14)3-4-12-11/h5-6,12,14H,3-4H2,1-2H3. The average molecular weight is 190 g/mol. The molecule has 0 amide bonds. The highest BCUT2D eigenvalue weighted by Gasteiger charge is 2.17. The van der Waals surface area contributed by atoms with Crippen molar-refractivity contribution in [2.45, 2.75) is 20.3 Å². The van der Waals surface area contributed by atoms with E-state index in [-0.39, 0.29) is 0 Å². The van der Waals surface area contributed by atoms with E-state index >= 15 is 0 Å². The van der Waals surface area contributed by atoms with E-state index in [1.165, 1.54) is 11.1 Å². The van der Waals surface area contributed by atoms with Gasteiger partial charge in [-0.3, -0.25) is 0 Å². The Morgan fingerprint density at radius 3 is 2.86 bits per heavy atom. The van der Waals surface area contributed by atoms with E-state index in [4.69, 9.17) is 5.21 Å². The first-order chi connectivity index (χ1) is 6.72. The summed E-state index contributed by atoms with van der Waals surface area (Å²) < 4.78 is 0. The summed E-state index contributed by atoms with van der Waals surface area (Å²) in [5.41, 5.74) is 5.34. The quantitative estimate of drug-likeness (QED) is 0.487. The molecule has 0 radical (unpaired) electrons. The molecule has 3 nitrogen and oxygen atoms in total. The van der Waals surface area contributed by atoms with Gasteiger partial charge in [-0.25, -0.2) is 0 Å². The second-order valence-corrected chi connectivity index (χ2v) is 3.73. The van der Waals surface area contributed by atoms with Crippen LogP contribution in [0.25, 0.3) is 0 Å². The molecule has 0 aliphatic carbocycles. The topological polar surface area (TPSA) is 44.6 Å². The van der Waals surface area contributed by atoms with Gasteiger partial charge in [0.2, 0.25) is 0 Å². The lowest BCUT2D eigenvalue weighted by molar-refractivity contribution is 0.318. The van der Waals surface area contributed by atoms with E-state index in [2.05, 4.69) is 36.5 Å². The Hall–Kier alpha value is -1.51. The van der Waals surface area contributed by atoms with Crippen molar-refractivity contribution in [1.29, 1.82) is 0 Å². The number of rotatable bonds is 0. The number of nitrogens with zero attached hydrogens (tertiary/aromatic N) is 1. The van der Waals surface area contributed by atoms with Crippen LogP contribution >= 0.6 is 0 Å². The third-order valence-corrected chi connectivity index (χ3v) is 2.58. The summed E-state index contributed by atoms with van der Waals surface area (Å²) >= 11 is 0. The smallest absolute Gasteiger partial charge is 0.0906 e. The number of fused-ring (bicyclic) bond motifs is 1. The molecule has 1 aliphatic rings. The fourth-order valence-electron chi connectivity index (χ4n) is 1.97. The van der Waals surface area contributed by atoms with E-state index in [0.717, 1.165) is 29.9 Å². The molecule has 0 spiro atoms. The van der Waals surface area contributed by atoms with Crippen molar-refractivity contribution < 1.29 is 5.21 Å². The molecule has 0 aromatic heterocycles. The number of nitrogens with one attached hydrogen (secondary N) is 1. The lowest BCUT2D eigenvalue weighted by Crippen LogP contribution is -2.19. The van der Waals surface area contributed by atoms with Gasteiger partial charge in [0.25, 0.3) is 0 Å². The van der Waals surface area contributed by atoms with Crippen molar-refractivity contribution in [2.75, 3.05) is 11.9 Å². The minimum absolute atomic E-state index is 0.783. The minimum Gasteiger partial charge on any atom is -0.411 e. The van der Waals surface area contributed by atoms with Crippen LogP contribution in [0.4, 0.5) is 5.69 Å². The zero-order chi connectivity index (χ0) is 10.1. The Bertz CT molecular complexity index is 397. The number of hydrogen-bond acceptors (Lipinski definition) is 3. The summed E-state index contributed by atoms with van der Waals surface area (Å²) in [6.45, 7) is 4.96. The molecular weight excluding hydrogens is 176 g/mol. The predicted octanol–water partition coefficient (Wildman–Crippen LogP) is 2.30. The van der Waals surface area contributed by atoms with Gasteiger partial charge in [0, 0.05) is 24.2 Å². The summed E-state index contributed by atoms with van der Waals surface area (Å²) in [7, 11) is 0. The lowest BCUT2D eigenvalue weighted by atomic mass is 9.96. The van der Waals surface area contributed by atoms with Crippen LogP contribution < -0.4 is 5.32 Å². The molecule has 1 aromatic rings. The predicted molar refractivity (Wildman–Crippen MR) is 57.3 cm³/mol. The van der Waals surface area contributed by atoms with Crippen LogP contribution in [0, 0.1) is 13.8 Å². The fourth-order valence-corrected chi connectivity index (χ4v) is 1.97. The first-order valence-electron chi connectivity index (χ1n) is 4.79. The molecular formula is C11H14N2O. The Balaban J connectivity index is 2.62. The molecule has 1 heterocycles. The Morgan fingerprint density at radius 2 is 2.14 bits per heavy atom. The maximum Gasteiger partial charge on any atom is 0.0906 e. The Morgan fingerprint density at radius 1 is 1.36 bits per heavy atom. The minimum atomic E-state index is 0.783. The van der Waals surface area contributed by atoms with Gasteiger partial charge in [-0.05, 0) is 25.5 Å². The van der Waals surface area contributed by atoms with Crippen LogP contribution in [0.3, 0.4) is 0 Å². The molecule has 74 valence electrons. The molecule has 1 aromatic carbocycles. The highest BCUT2D eigenvalue weighted by molar-refractivity contribution is 6.07. The summed E-state index contributed by atoms with van der Waals surface area (Å²) in [5, 5.41) is 15.6.